The van der Waals surface area contributed by atoms with E-state index in [2.05, 4.69) is 0 Å². The second-order valence-electron chi connectivity index (χ2n) is 6.00. The predicted octanol–water partition coefficient (Wildman–Crippen LogP) is 3.33. The summed E-state index contributed by atoms with van der Waals surface area (Å²) in [5.41, 5.74) is 1.83. The van der Waals surface area contributed by atoms with Crippen molar-refractivity contribution in [3.63, 3.8) is 0 Å². The van der Waals surface area contributed by atoms with Crippen LogP contribution in [0, 0.1) is 11.3 Å². The minimum atomic E-state index is -1.66. The maximum Gasteiger partial charge on any atom is 0.261 e. The van der Waals surface area contributed by atoms with Gasteiger partial charge >= 0.3 is 0 Å². The van der Waals surface area contributed by atoms with Crippen molar-refractivity contribution >= 4 is 17.5 Å². The van der Waals surface area contributed by atoms with Gasteiger partial charge in [-0.25, -0.2) is 0 Å². The molecule has 0 N–H and O–H groups in total. The molecule has 122 valence electrons. The Kier molecular flexibility index (Phi) is 4.31. The lowest BCUT2D eigenvalue weighted by molar-refractivity contribution is -0.148. The third-order valence-electron chi connectivity index (χ3n) is 4.54. The van der Waals surface area contributed by atoms with Crippen LogP contribution in [0.2, 0.25) is 0 Å². The molecule has 2 aromatic rings. The third kappa shape index (κ3) is 2.47. The monoisotopic (exact) mass is 339 g/mol. The molecule has 0 spiro atoms. The molecule has 1 aliphatic rings. The zero-order chi connectivity index (χ0) is 17.3. The van der Waals surface area contributed by atoms with Gasteiger partial charge in [-0.05, 0) is 18.2 Å². The van der Waals surface area contributed by atoms with Gasteiger partial charge in [-0.2, -0.15) is 5.26 Å². The molecule has 1 amide bonds. The smallest absolute Gasteiger partial charge is 0.261 e. The fourth-order valence-corrected chi connectivity index (χ4v) is 3.89. The number of alkyl halides is 1. The van der Waals surface area contributed by atoms with E-state index in [4.69, 9.17) is 11.6 Å². The van der Waals surface area contributed by atoms with Crippen LogP contribution in [0.3, 0.4) is 0 Å². The van der Waals surface area contributed by atoms with Crippen LogP contribution in [0.1, 0.15) is 23.3 Å². The maximum atomic E-state index is 12.9. The van der Waals surface area contributed by atoms with E-state index in [1.165, 1.54) is 0 Å². The molecule has 0 saturated carbocycles. The SMILES string of the molecule is CN1C(=O)C(Cl)(C#N)C(c2ccccc2)N(C)C1c1ccccc1. The van der Waals surface area contributed by atoms with Gasteiger partial charge in [-0.3, -0.25) is 9.69 Å². The number of nitrogens with zero attached hydrogens (tertiary/aromatic N) is 3. The Hall–Kier alpha value is -2.35. The average Bonchev–Trinajstić information content (AvgIpc) is 2.62. The van der Waals surface area contributed by atoms with Crippen LogP contribution < -0.4 is 0 Å². The van der Waals surface area contributed by atoms with Gasteiger partial charge in [-0.15, -0.1) is 0 Å². The Labute approximate surface area is 146 Å². The standard InChI is InChI=1S/C19H18ClN3O/c1-22-16(14-9-5-3-6-10-14)19(20,13-21)18(24)23(2)17(22)15-11-7-4-8-12-15/h3-12,16-17H,1-2H3. The Morgan fingerprint density at radius 2 is 1.50 bits per heavy atom. The molecule has 24 heavy (non-hydrogen) atoms. The van der Waals surface area contributed by atoms with Crippen molar-refractivity contribution in [3.05, 3.63) is 71.8 Å². The number of halogens is 1. The number of hydrogen-bond acceptors (Lipinski definition) is 3. The van der Waals surface area contributed by atoms with Crippen LogP contribution >= 0.6 is 11.6 Å². The normalized spacial score (nSPS) is 27.8. The number of benzene rings is 2. The summed E-state index contributed by atoms with van der Waals surface area (Å²) >= 11 is 6.56. The predicted molar refractivity (Wildman–Crippen MR) is 93.1 cm³/mol. The molecule has 1 saturated heterocycles. The zero-order valence-electron chi connectivity index (χ0n) is 13.6. The van der Waals surface area contributed by atoms with E-state index in [0.717, 1.165) is 11.1 Å². The average molecular weight is 340 g/mol. The highest BCUT2D eigenvalue weighted by atomic mass is 35.5. The van der Waals surface area contributed by atoms with Crippen LogP contribution in [-0.4, -0.2) is 34.7 Å². The third-order valence-corrected chi connectivity index (χ3v) is 5.00. The summed E-state index contributed by atoms with van der Waals surface area (Å²) in [6, 6.07) is 20.7. The zero-order valence-corrected chi connectivity index (χ0v) is 14.3. The quantitative estimate of drug-likeness (QED) is 0.788. The molecule has 4 nitrogen and oxygen atoms in total. The summed E-state index contributed by atoms with van der Waals surface area (Å²) in [6.45, 7) is 0. The first-order valence-electron chi connectivity index (χ1n) is 7.70. The Morgan fingerprint density at radius 3 is 2.00 bits per heavy atom. The highest BCUT2D eigenvalue weighted by Gasteiger charge is 2.56. The number of hydrogen-bond donors (Lipinski definition) is 0. The maximum absolute atomic E-state index is 12.9. The summed E-state index contributed by atoms with van der Waals surface area (Å²) in [5, 5.41) is 9.69. The summed E-state index contributed by atoms with van der Waals surface area (Å²) < 4.78 is 0. The van der Waals surface area contributed by atoms with Crippen LogP contribution in [-0.2, 0) is 4.79 Å². The molecule has 0 aromatic heterocycles. The fraction of sp³-hybridized carbons (Fsp3) is 0.263. The van der Waals surface area contributed by atoms with Crippen molar-refractivity contribution in [1.29, 1.82) is 5.26 Å². The Morgan fingerprint density at radius 1 is 1.00 bits per heavy atom. The molecule has 1 fully saturated rings. The van der Waals surface area contributed by atoms with E-state index in [0.29, 0.717) is 0 Å². The molecule has 1 aliphatic heterocycles. The second kappa shape index (κ2) is 6.27. The first-order chi connectivity index (χ1) is 11.5. The van der Waals surface area contributed by atoms with Gasteiger partial charge in [0.2, 0.25) is 4.87 Å². The molecule has 0 aliphatic carbocycles. The van der Waals surface area contributed by atoms with Crippen LogP contribution in [0.25, 0.3) is 0 Å². The molecule has 0 bridgehead atoms. The first-order valence-corrected chi connectivity index (χ1v) is 8.07. The summed E-state index contributed by atoms with van der Waals surface area (Å²) in [5.74, 6) is -0.382. The summed E-state index contributed by atoms with van der Waals surface area (Å²) in [7, 11) is 3.58. The number of carbonyl (C=O) groups is 1. The molecule has 5 heteroatoms. The second-order valence-corrected chi connectivity index (χ2v) is 6.60. The van der Waals surface area contributed by atoms with Crippen molar-refractivity contribution < 1.29 is 4.79 Å². The van der Waals surface area contributed by atoms with Crippen molar-refractivity contribution in [1.82, 2.24) is 9.80 Å². The van der Waals surface area contributed by atoms with E-state index in [-0.39, 0.29) is 12.1 Å². The van der Waals surface area contributed by atoms with Gasteiger partial charge in [-0.1, -0.05) is 72.3 Å². The summed E-state index contributed by atoms with van der Waals surface area (Å²) in [4.78, 5) is 14.8. The van der Waals surface area contributed by atoms with Gasteiger partial charge in [0, 0.05) is 7.05 Å². The number of nitriles is 1. The van der Waals surface area contributed by atoms with Crippen LogP contribution in [0.4, 0.5) is 0 Å². The summed E-state index contributed by atoms with van der Waals surface area (Å²) in [6.07, 6.45) is -0.288. The molecular formula is C19H18ClN3O. The minimum absolute atomic E-state index is 0.288. The molecule has 3 rings (SSSR count). The molecular weight excluding hydrogens is 322 g/mol. The molecule has 1 heterocycles. The minimum Gasteiger partial charge on any atom is -0.323 e. The largest absolute Gasteiger partial charge is 0.323 e. The van der Waals surface area contributed by atoms with Gasteiger partial charge in [0.05, 0.1) is 12.1 Å². The van der Waals surface area contributed by atoms with E-state index in [1.54, 1.807) is 11.9 Å². The van der Waals surface area contributed by atoms with E-state index in [9.17, 15) is 10.1 Å². The molecule has 3 atom stereocenters. The van der Waals surface area contributed by atoms with Crippen molar-refractivity contribution in [2.45, 2.75) is 17.1 Å². The Balaban J connectivity index is 2.14. The van der Waals surface area contributed by atoms with E-state index >= 15 is 0 Å². The van der Waals surface area contributed by atoms with Crippen molar-refractivity contribution in [3.8, 4) is 6.07 Å². The van der Waals surface area contributed by atoms with E-state index < -0.39 is 10.9 Å². The van der Waals surface area contributed by atoms with Gasteiger partial charge < -0.3 is 4.90 Å². The fourth-order valence-electron chi connectivity index (χ4n) is 3.47. The Bertz CT molecular complexity index is 774. The van der Waals surface area contributed by atoms with Crippen molar-refractivity contribution in [2.75, 3.05) is 14.1 Å². The number of rotatable bonds is 2. The lowest BCUT2D eigenvalue weighted by Gasteiger charge is -2.50. The lowest BCUT2D eigenvalue weighted by atomic mass is 9.86. The van der Waals surface area contributed by atoms with Crippen molar-refractivity contribution in [2.24, 2.45) is 0 Å². The van der Waals surface area contributed by atoms with E-state index in [1.807, 2.05) is 78.7 Å². The van der Waals surface area contributed by atoms with Crippen LogP contribution in [0.15, 0.2) is 60.7 Å². The highest BCUT2D eigenvalue weighted by Crippen LogP contribution is 2.46. The van der Waals surface area contributed by atoms with Crippen LogP contribution in [0.5, 0.6) is 0 Å². The first kappa shape index (κ1) is 16.5. The lowest BCUT2D eigenvalue weighted by Crippen LogP contribution is -2.60. The van der Waals surface area contributed by atoms with Gasteiger partial charge in [0.1, 0.15) is 6.17 Å². The van der Waals surface area contributed by atoms with Gasteiger partial charge in [0.25, 0.3) is 5.91 Å². The van der Waals surface area contributed by atoms with Gasteiger partial charge in [0.15, 0.2) is 0 Å². The number of carbonyl (C=O) groups excluding carboxylic acids is 1. The highest BCUT2D eigenvalue weighted by molar-refractivity contribution is 6.38. The molecule has 0 radical (unpaired) electrons. The number of amides is 1. The molecule has 2 aromatic carbocycles. The molecule has 3 unspecified atom stereocenters. The topological polar surface area (TPSA) is 47.3 Å².